The first kappa shape index (κ1) is 10.9. The lowest BCUT2D eigenvalue weighted by Crippen LogP contribution is -2.51. The number of halogens is 1. The second-order valence-electron chi connectivity index (χ2n) is 3.52. The van der Waals surface area contributed by atoms with Crippen LogP contribution in [0.3, 0.4) is 0 Å². The van der Waals surface area contributed by atoms with Gasteiger partial charge in [0.15, 0.2) is 0 Å². The van der Waals surface area contributed by atoms with Crippen LogP contribution in [0.1, 0.15) is 5.56 Å². The summed E-state index contributed by atoms with van der Waals surface area (Å²) in [5, 5.41) is 12.0. The van der Waals surface area contributed by atoms with Crippen LogP contribution >= 0.6 is 11.6 Å². The molecule has 5 nitrogen and oxygen atoms in total. The molecule has 0 aliphatic rings. The zero-order valence-corrected chi connectivity index (χ0v) is 9.25. The molecular formula is C10H11ClN3O2+. The average Bonchev–Trinajstić information content (AvgIpc) is 2.61. The third-order valence-corrected chi connectivity index (χ3v) is 2.68. The Labute approximate surface area is 96.3 Å². The number of aromatic nitrogens is 1. The maximum Gasteiger partial charge on any atom is 0.294 e. The van der Waals surface area contributed by atoms with Crippen LogP contribution in [-0.2, 0) is 6.42 Å². The van der Waals surface area contributed by atoms with E-state index in [2.05, 4.69) is 10.7 Å². The maximum absolute atomic E-state index is 10.8. The van der Waals surface area contributed by atoms with Gasteiger partial charge in [-0.2, -0.15) is 0 Å². The summed E-state index contributed by atoms with van der Waals surface area (Å²) >= 11 is 5.86. The second kappa shape index (κ2) is 4.11. The number of fused-ring (bicyclic) bond motifs is 1. The van der Waals surface area contributed by atoms with Crippen LogP contribution < -0.4 is 5.73 Å². The number of hydrogen-bond donors (Lipinski definition) is 2. The molecule has 0 saturated carbocycles. The Hall–Kier alpha value is -1.59. The summed E-state index contributed by atoms with van der Waals surface area (Å²) in [6.45, 7) is 0.743. The van der Waals surface area contributed by atoms with Gasteiger partial charge in [-0.25, -0.2) is 0 Å². The van der Waals surface area contributed by atoms with Crippen LogP contribution in [0.25, 0.3) is 10.9 Å². The molecule has 0 radical (unpaired) electrons. The smallest absolute Gasteiger partial charge is 0.294 e. The van der Waals surface area contributed by atoms with Gasteiger partial charge < -0.3 is 10.7 Å². The molecule has 2 rings (SSSR count). The first-order chi connectivity index (χ1) is 7.63. The first-order valence-electron chi connectivity index (χ1n) is 4.86. The normalized spacial score (nSPS) is 10.9. The Morgan fingerprint density at radius 2 is 2.25 bits per heavy atom. The third kappa shape index (κ3) is 1.75. The summed E-state index contributed by atoms with van der Waals surface area (Å²) < 4.78 is 0. The predicted molar refractivity (Wildman–Crippen MR) is 61.4 cm³/mol. The van der Waals surface area contributed by atoms with Crippen molar-refractivity contribution in [1.82, 2.24) is 4.98 Å². The highest BCUT2D eigenvalue weighted by Crippen LogP contribution is 2.31. The molecule has 1 aromatic heterocycles. The molecule has 2 aromatic rings. The van der Waals surface area contributed by atoms with Gasteiger partial charge in [-0.1, -0.05) is 11.6 Å². The summed E-state index contributed by atoms with van der Waals surface area (Å²) in [7, 11) is 0. The molecule has 0 saturated heterocycles. The van der Waals surface area contributed by atoms with Gasteiger partial charge in [0.25, 0.3) is 5.69 Å². The molecule has 6 heteroatoms. The highest BCUT2D eigenvalue weighted by Gasteiger charge is 2.16. The lowest BCUT2D eigenvalue weighted by Gasteiger charge is -1.97. The lowest BCUT2D eigenvalue weighted by atomic mass is 10.1. The predicted octanol–water partition coefficient (Wildman–Crippen LogP) is 1.51. The van der Waals surface area contributed by atoms with Crippen molar-refractivity contribution in [3.63, 3.8) is 0 Å². The molecule has 0 atom stereocenters. The van der Waals surface area contributed by atoms with Gasteiger partial charge in [-0.05, 0) is 11.6 Å². The van der Waals surface area contributed by atoms with Crippen molar-refractivity contribution in [2.45, 2.75) is 6.42 Å². The molecule has 4 N–H and O–H groups in total. The van der Waals surface area contributed by atoms with Crippen molar-refractivity contribution in [1.29, 1.82) is 0 Å². The van der Waals surface area contributed by atoms with E-state index in [1.54, 1.807) is 12.3 Å². The fraction of sp³-hybridized carbons (Fsp3) is 0.200. The number of rotatable bonds is 3. The number of H-pyrrole nitrogens is 1. The van der Waals surface area contributed by atoms with E-state index < -0.39 is 4.92 Å². The highest BCUT2D eigenvalue weighted by molar-refractivity contribution is 6.31. The number of quaternary nitrogens is 1. The Kier molecular flexibility index (Phi) is 2.80. The van der Waals surface area contributed by atoms with Gasteiger partial charge in [-0.15, -0.1) is 0 Å². The number of nitrogens with one attached hydrogen (secondary N) is 1. The molecule has 16 heavy (non-hydrogen) atoms. The first-order valence-corrected chi connectivity index (χ1v) is 5.24. The largest absolute Gasteiger partial charge is 0.357 e. The summed E-state index contributed by atoms with van der Waals surface area (Å²) in [5.74, 6) is 0. The van der Waals surface area contributed by atoms with Crippen LogP contribution in [0.2, 0.25) is 5.02 Å². The van der Waals surface area contributed by atoms with Gasteiger partial charge in [0.1, 0.15) is 5.52 Å². The molecular weight excluding hydrogens is 230 g/mol. The van der Waals surface area contributed by atoms with Crippen molar-refractivity contribution < 1.29 is 10.7 Å². The van der Waals surface area contributed by atoms with E-state index in [4.69, 9.17) is 11.6 Å². The summed E-state index contributed by atoms with van der Waals surface area (Å²) in [6.07, 6.45) is 2.55. The van der Waals surface area contributed by atoms with Gasteiger partial charge in [-0.3, -0.25) is 10.1 Å². The number of non-ortho nitro benzene ring substituents is 1. The topological polar surface area (TPSA) is 86.6 Å². The van der Waals surface area contributed by atoms with E-state index in [9.17, 15) is 10.1 Å². The lowest BCUT2D eigenvalue weighted by molar-refractivity contribution is -0.383. The molecule has 84 valence electrons. The minimum Gasteiger partial charge on any atom is -0.357 e. The van der Waals surface area contributed by atoms with Crippen molar-refractivity contribution in [3.8, 4) is 0 Å². The molecule has 0 amide bonds. The molecule has 0 fully saturated rings. The third-order valence-electron chi connectivity index (χ3n) is 2.46. The molecule has 0 aliphatic heterocycles. The Balaban J connectivity index is 2.70. The second-order valence-corrected chi connectivity index (χ2v) is 3.96. The molecule has 1 aromatic carbocycles. The average molecular weight is 241 g/mol. The zero-order valence-electron chi connectivity index (χ0n) is 8.50. The summed E-state index contributed by atoms with van der Waals surface area (Å²) in [4.78, 5) is 13.3. The quantitative estimate of drug-likeness (QED) is 0.629. The Bertz CT molecular complexity index is 550. The standard InChI is InChI=1S/C10H10ClN3O2/c11-7-3-8-6(1-2-12)5-13-10(8)9(4-7)14(15)16/h3-5,13H,1-2,12H2/p+1. The molecule has 1 heterocycles. The fourth-order valence-electron chi connectivity index (χ4n) is 1.78. The molecule has 0 aliphatic carbocycles. The Morgan fingerprint density at radius 1 is 1.50 bits per heavy atom. The van der Waals surface area contributed by atoms with Gasteiger partial charge >= 0.3 is 0 Å². The van der Waals surface area contributed by atoms with E-state index in [0.29, 0.717) is 10.5 Å². The van der Waals surface area contributed by atoms with Crippen LogP contribution in [0.5, 0.6) is 0 Å². The summed E-state index contributed by atoms with van der Waals surface area (Å²) in [5.41, 5.74) is 5.31. The van der Waals surface area contributed by atoms with E-state index in [-0.39, 0.29) is 5.69 Å². The SMILES string of the molecule is [NH3+]CCc1c[nH]c2c([N+](=O)[O-])cc(Cl)cc12. The highest BCUT2D eigenvalue weighted by atomic mass is 35.5. The number of nitrogens with zero attached hydrogens (tertiary/aromatic N) is 1. The van der Waals surface area contributed by atoms with Crippen molar-refractivity contribution in [3.05, 3.63) is 39.0 Å². The minimum absolute atomic E-state index is 0.0119. The van der Waals surface area contributed by atoms with Crippen LogP contribution in [0.4, 0.5) is 5.69 Å². The Morgan fingerprint density at radius 3 is 2.88 bits per heavy atom. The number of hydrogen-bond acceptors (Lipinski definition) is 2. The monoisotopic (exact) mass is 240 g/mol. The van der Waals surface area contributed by atoms with Crippen LogP contribution in [0.15, 0.2) is 18.3 Å². The van der Waals surface area contributed by atoms with Crippen molar-refractivity contribution >= 4 is 28.2 Å². The van der Waals surface area contributed by atoms with Crippen LogP contribution in [-0.4, -0.2) is 16.5 Å². The van der Waals surface area contributed by atoms with Crippen LogP contribution in [0, 0.1) is 10.1 Å². The maximum atomic E-state index is 10.8. The van der Waals surface area contributed by atoms with Gasteiger partial charge in [0, 0.05) is 29.1 Å². The number of nitro groups is 1. The zero-order chi connectivity index (χ0) is 11.7. The fourth-order valence-corrected chi connectivity index (χ4v) is 1.99. The minimum atomic E-state index is -0.432. The van der Waals surface area contributed by atoms with E-state index >= 15 is 0 Å². The van der Waals surface area contributed by atoms with Crippen molar-refractivity contribution in [2.75, 3.05) is 6.54 Å². The number of benzene rings is 1. The number of aromatic amines is 1. The molecule has 0 bridgehead atoms. The summed E-state index contributed by atoms with van der Waals surface area (Å²) in [6, 6.07) is 3.10. The van der Waals surface area contributed by atoms with Crippen molar-refractivity contribution in [2.24, 2.45) is 0 Å². The van der Waals surface area contributed by atoms with E-state index in [1.165, 1.54) is 6.07 Å². The number of nitro benzene ring substituents is 1. The van der Waals surface area contributed by atoms with E-state index in [0.717, 1.165) is 23.9 Å². The molecule has 0 unspecified atom stereocenters. The molecule has 0 spiro atoms. The van der Waals surface area contributed by atoms with Gasteiger partial charge in [0.05, 0.1) is 11.5 Å². The van der Waals surface area contributed by atoms with Gasteiger partial charge in [0.2, 0.25) is 0 Å². The van der Waals surface area contributed by atoms with E-state index in [1.807, 2.05) is 0 Å².